The van der Waals surface area contributed by atoms with Crippen molar-refractivity contribution in [1.29, 1.82) is 0 Å². The first-order valence-corrected chi connectivity index (χ1v) is 8.46. The summed E-state index contributed by atoms with van der Waals surface area (Å²) in [6, 6.07) is 0. The van der Waals surface area contributed by atoms with E-state index in [1.54, 1.807) is 19.3 Å². The van der Waals surface area contributed by atoms with Gasteiger partial charge in [0.2, 0.25) is 0 Å². The summed E-state index contributed by atoms with van der Waals surface area (Å²) >= 11 is 0. The first kappa shape index (κ1) is 16.5. The van der Waals surface area contributed by atoms with Crippen LogP contribution in [0.3, 0.4) is 0 Å². The third-order valence-electron chi connectivity index (χ3n) is 4.42. The molecule has 134 valence electrons. The van der Waals surface area contributed by atoms with E-state index in [1.165, 1.54) is 16.8 Å². The first-order valence-electron chi connectivity index (χ1n) is 8.46. The predicted molar refractivity (Wildman–Crippen MR) is 92.5 cm³/mol. The summed E-state index contributed by atoms with van der Waals surface area (Å²) in [5.41, 5.74) is 1.83. The number of amides is 1. The van der Waals surface area contributed by atoms with Crippen molar-refractivity contribution in [2.24, 2.45) is 0 Å². The van der Waals surface area contributed by atoms with Gasteiger partial charge in [-0.05, 0) is 32.9 Å². The fourth-order valence-electron chi connectivity index (χ4n) is 3.11. The maximum Gasteiger partial charge on any atom is 0.277 e. The van der Waals surface area contributed by atoms with Gasteiger partial charge in [0.05, 0.1) is 23.8 Å². The van der Waals surface area contributed by atoms with Gasteiger partial charge in [0.15, 0.2) is 11.5 Å². The van der Waals surface area contributed by atoms with Gasteiger partial charge in [-0.15, -0.1) is 0 Å². The first-order chi connectivity index (χ1) is 12.6. The molecule has 26 heavy (non-hydrogen) atoms. The maximum absolute atomic E-state index is 14.0. The number of carbonyl (C=O) groups excluding carboxylic acids is 1. The van der Waals surface area contributed by atoms with Crippen molar-refractivity contribution >= 4 is 17.4 Å². The molecule has 1 saturated heterocycles. The number of imidazole rings is 1. The smallest absolute Gasteiger partial charge is 0.277 e. The molecule has 0 spiro atoms. The van der Waals surface area contributed by atoms with Crippen molar-refractivity contribution in [3.8, 4) is 0 Å². The lowest BCUT2D eigenvalue weighted by Crippen LogP contribution is -2.27. The van der Waals surface area contributed by atoms with Crippen LogP contribution in [0, 0.1) is 12.9 Å². The van der Waals surface area contributed by atoms with Crippen LogP contribution in [0.1, 0.15) is 40.6 Å². The molecule has 1 aliphatic rings. The quantitative estimate of drug-likeness (QED) is 0.742. The average molecular weight is 355 g/mol. The molecule has 0 aromatic carbocycles. The van der Waals surface area contributed by atoms with E-state index in [-0.39, 0.29) is 17.2 Å². The highest BCUT2D eigenvalue weighted by molar-refractivity contribution is 6.02. The van der Waals surface area contributed by atoms with Gasteiger partial charge in [-0.25, -0.2) is 9.97 Å². The molecule has 0 atom stereocenters. The molecule has 0 saturated carbocycles. The topological polar surface area (TPSA) is 97.1 Å². The standard InChI is InChI=1S/C17H18FN7O/c1-10-8-25-9-14(23-15(18)16(25)22-10)24-17(26)13-7-20-12(6-21-13)11-2-4-19-5-3-11/h6-9,11,19H,2-5H2,1H3,(H,24,26). The largest absolute Gasteiger partial charge is 0.317 e. The number of aromatic nitrogens is 5. The lowest BCUT2D eigenvalue weighted by molar-refractivity contribution is 0.102. The number of piperidine rings is 1. The second-order valence-corrected chi connectivity index (χ2v) is 6.34. The minimum Gasteiger partial charge on any atom is -0.317 e. The number of halogens is 1. The third-order valence-corrected chi connectivity index (χ3v) is 4.42. The number of aryl methyl sites for hydroxylation is 1. The number of hydrogen-bond acceptors (Lipinski definition) is 6. The summed E-state index contributed by atoms with van der Waals surface area (Å²) < 4.78 is 15.5. The maximum atomic E-state index is 14.0. The highest BCUT2D eigenvalue weighted by Crippen LogP contribution is 2.22. The van der Waals surface area contributed by atoms with E-state index in [9.17, 15) is 9.18 Å². The lowest BCUT2D eigenvalue weighted by atomic mass is 9.95. The summed E-state index contributed by atoms with van der Waals surface area (Å²) in [5, 5.41) is 5.85. The van der Waals surface area contributed by atoms with Gasteiger partial charge in [-0.3, -0.25) is 14.2 Å². The molecule has 8 nitrogen and oxygen atoms in total. The minimum atomic E-state index is -0.747. The number of nitrogens with one attached hydrogen (secondary N) is 2. The van der Waals surface area contributed by atoms with Gasteiger partial charge in [0.25, 0.3) is 11.9 Å². The Hall–Kier alpha value is -2.94. The highest BCUT2D eigenvalue weighted by atomic mass is 19.1. The predicted octanol–water partition coefficient (Wildman–Crippen LogP) is 1.69. The van der Waals surface area contributed by atoms with Gasteiger partial charge < -0.3 is 10.6 Å². The second kappa shape index (κ2) is 6.75. The van der Waals surface area contributed by atoms with Gasteiger partial charge in [0, 0.05) is 18.3 Å². The molecule has 1 fully saturated rings. The van der Waals surface area contributed by atoms with E-state index in [0.29, 0.717) is 11.6 Å². The molecule has 2 N–H and O–H groups in total. The summed E-state index contributed by atoms with van der Waals surface area (Å²) in [5.74, 6) is -0.786. The van der Waals surface area contributed by atoms with E-state index in [4.69, 9.17) is 0 Å². The minimum absolute atomic E-state index is 0.0848. The summed E-state index contributed by atoms with van der Waals surface area (Å²) in [7, 11) is 0. The Morgan fingerprint density at radius 2 is 2.04 bits per heavy atom. The van der Waals surface area contributed by atoms with Crippen molar-refractivity contribution in [3.63, 3.8) is 0 Å². The molecule has 4 rings (SSSR count). The SMILES string of the molecule is Cc1cn2cc(NC(=O)c3cnc(C4CCNCC4)cn3)nc(F)c2n1. The van der Waals surface area contributed by atoms with E-state index in [2.05, 4.69) is 30.6 Å². The van der Waals surface area contributed by atoms with Crippen LogP contribution in [0.15, 0.2) is 24.8 Å². The Morgan fingerprint density at radius 3 is 2.77 bits per heavy atom. The molecule has 0 bridgehead atoms. The van der Waals surface area contributed by atoms with Gasteiger partial charge >= 0.3 is 0 Å². The zero-order chi connectivity index (χ0) is 18.1. The molecule has 1 amide bonds. The van der Waals surface area contributed by atoms with E-state index in [0.717, 1.165) is 31.6 Å². The third kappa shape index (κ3) is 3.25. The number of rotatable bonds is 3. The fraction of sp³-hybridized carbons (Fsp3) is 0.353. The van der Waals surface area contributed by atoms with Crippen LogP contribution in [0.5, 0.6) is 0 Å². The molecule has 4 heterocycles. The van der Waals surface area contributed by atoms with E-state index in [1.807, 2.05) is 0 Å². The Labute approximate surface area is 148 Å². The Balaban J connectivity index is 1.51. The van der Waals surface area contributed by atoms with Crippen molar-refractivity contribution in [2.45, 2.75) is 25.7 Å². The van der Waals surface area contributed by atoms with Crippen LogP contribution >= 0.6 is 0 Å². The van der Waals surface area contributed by atoms with Gasteiger partial charge in [-0.1, -0.05) is 0 Å². The summed E-state index contributed by atoms with van der Waals surface area (Å²) in [4.78, 5) is 28.7. The lowest BCUT2D eigenvalue weighted by Gasteiger charge is -2.21. The number of fused-ring (bicyclic) bond motifs is 1. The monoisotopic (exact) mass is 355 g/mol. The average Bonchev–Trinajstić information content (AvgIpc) is 3.03. The van der Waals surface area contributed by atoms with Crippen LogP contribution < -0.4 is 10.6 Å². The molecule has 0 radical (unpaired) electrons. The summed E-state index contributed by atoms with van der Waals surface area (Å²) in [6.45, 7) is 3.67. The van der Waals surface area contributed by atoms with Crippen LogP contribution in [-0.4, -0.2) is 43.3 Å². The normalized spacial score (nSPS) is 15.3. The Bertz CT molecular complexity index is 948. The van der Waals surface area contributed by atoms with Crippen molar-refractivity contribution in [2.75, 3.05) is 18.4 Å². The van der Waals surface area contributed by atoms with Crippen molar-refractivity contribution in [3.05, 3.63) is 47.8 Å². The number of nitrogens with zero attached hydrogens (tertiary/aromatic N) is 5. The van der Waals surface area contributed by atoms with Gasteiger partial charge in [-0.2, -0.15) is 9.37 Å². The molecular formula is C17H18FN7O. The Kier molecular flexibility index (Phi) is 4.29. The number of anilines is 1. The molecule has 3 aromatic heterocycles. The van der Waals surface area contributed by atoms with Crippen LogP contribution in [0.2, 0.25) is 0 Å². The van der Waals surface area contributed by atoms with E-state index >= 15 is 0 Å². The molecule has 0 unspecified atom stereocenters. The zero-order valence-electron chi connectivity index (χ0n) is 14.2. The molecule has 3 aromatic rings. The van der Waals surface area contributed by atoms with Crippen molar-refractivity contribution in [1.82, 2.24) is 29.7 Å². The fourth-order valence-corrected chi connectivity index (χ4v) is 3.11. The molecular weight excluding hydrogens is 337 g/mol. The van der Waals surface area contributed by atoms with E-state index < -0.39 is 11.9 Å². The van der Waals surface area contributed by atoms with Crippen LogP contribution in [0.4, 0.5) is 10.2 Å². The van der Waals surface area contributed by atoms with Crippen molar-refractivity contribution < 1.29 is 9.18 Å². The second-order valence-electron chi connectivity index (χ2n) is 6.34. The highest BCUT2D eigenvalue weighted by Gasteiger charge is 2.18. The van der Waals surface area contributed by atoms with Crippen LogP contribution in [0.25, 0.3) is 5.65 Å². The Morgan fingerprint density at radius 1 is 1.23 bits per heavy atom. The molecule has 1 aliphatic heterocycles. The van der Waals surface area contributed by atoms with Crippen LogP contribution in [-0.2, 0) is 0 Å². The number of hydrogen-bond donors (Lipinski definition) is 2. The summed E-state index contributed by atoms with van der Waals surface area (Å²) in [6.07, 6.45) is 8.27. The molecule has 0 aliphatic carbocycles. The molecule has 9 heteroatoms. The zero-order valence-corrected chi connectivity index (χ0v) is 14.2. The number of carbonyl (C=O) groups is 1. The van der Waals surface area contributed by atoms with Gasteiger partial charge in [0.1, 0.15) is 5.69 Å².